The molecule has 1 atom stereocenters. The molecule has 0 spiro atoms. The molecule has 1 unspecified atom stereocenters. The number of halogens is 2. The van der Waals surface area contributed by atoms with Gasteiger partial charge in [-0.2, -0.15) is 4.31 Å². The number of urea groups is 1. The summed E-state index contributed by atoms with van der Waals surface area (Å²) in [6.07, 6.45) is 0.324. The first-order valence-electron chi connectivity index (χ1n) is 10.6. The molecule has 2 aromatic carbocycles. The standard InChI is InChI=1S/C22H26F2N4O3S/c23-18-7-2-1-6-17(18)16-26-12-14-27(15-13-26)22(29)25-21-10-5-11-28(21)32(30,31)20-9-4-3-8-19(20)24/h1-4,6-9,21H,5,10-16H2,(H,25,29). The fourth-order valence-electron chi connectivity index (χ4n) is 4.16. The van der Waals surface area contributed by atoms with Gasteiger partial charge >= 0.3 is 6.03 Å². The number of carbonyl (C=O) groups is 1. The summed E-state index contributed by atoms with van der Waals surface area (Å²) in [6.45, 7) is 2.77. The fourth-order valence-corrected chi connectivity index (χ4v) is 5.84. The quantitative estimate of drug-likeness (QED) is 0.739. The first kappa shape index (κ1) is 22.6. The third-order valence-electron chi connectivity index (χ3n) is 5.93. The molecule has 2 aromatic rings. The summed E-state index contributed by atoms with van der Waals surface area (Å²) in [7, 11) is -4.06. The van der Waals surface area contributed by atoms with Gasteiger partial charge in [-0.3, -0.25) is 4.90 Å². The van der Waals surface area contributed by atoms with Gasteiger partial charge in [0.15, 0.2) is 0 Å². The van der Waals surface area contributed by atoms with Crippen molar-refractivity contribution in [2.45, 2.75) is 30.4 Å². The molecule has 0 aliphatic carbocycles. The van der Waals surface area contributed by atoms with E-state index in [4.69, 9.17) is 0 Å². The molecule has 10 heteroatoms. The average Bonchev–Trinajstić information content (AvgIpc) is 3.25. The van der Waals surface area contributed by atoms with Gasteiger partial charge in [0.2, 0.25) is 10.0 Å². The van der Waals surface area contributed by atoms with Crippen LogP contribution in [0.25, 0.3) is 0 Å². The summed E-state index contributed by atoms with van der Waals surface area (Å²) in [5.41, 5.74) is 0.616. The van der Waals surface area contributed by atoms with Crippen LogP contribution in [0, 0.1) is 11.6 Å². The second-order valence-corrected chi connectivity index (χ2v) is 9.87. The first-order chi connectivity index (χ1) is 15.4. The van der Waals surface area contributed by atoms with E-state index < -0.39 is 22.0 Å². The van der Waals surface area contributed by atoms with Gasteiger partial charge in [0.1, 0.15) is 16.5 Å². The molecule has 2 aliphatic rings. The molecule has 172 valence electrons. The van der Waals surface area contributed by atoms with Crippen LogP contribution in [0.4, 0.5) is 13.6 Å². The molecule has 2 aliphatic heterocycles. The number of nitrogens with one attached hydrogen (secondary N) is 1. The van der Waals surface area contributed by atoms with Crippen molar-refractivity contribution in [2.24, 2.45) is 0 Å². The van der Waals surface area contributed by atoms with Gasteiger partial charge in [-0.05, 0) is 31.0 Å². The lowest BCUT2D eigenvalue weighted by Crippen LogP contribution is -2.55. The smallest absolute Gasteiger partial charge is 0.318 e. The van der Waals surface area contributed by atoms with Crippen LogP contribution >= 0.6 is 0 Å². The zero-order valence-electron chi connectivity index (χ0n) is 17.6. The van der Waals surface area contributed by atoms with Crippen molar-refractivity contribution in [1.82, 2.24) is 19.4 Å². The average molecular weight is 465 g/mol. The summed E-state index contributed by atoms with van der Waals surface area (Å²) in [6, 6.07) is 11.5. The fraction of sp³-hybridized carbons (Fsp3) is 0.409. The number of carbonyl (C=O) groups excluding carboxylic acids is 1. The number of hydrogen-bond donors (Lipinski definition) is 1. The highest BCUT2D eigenvalue weighted by atomic mass is 32.2. The van der Waals surface area contributed by atoms with Gasteiger partial charge < -0.3 is 10.2 Å². The molecular formula is C22H26F2N4O3S. The van der Waals surface area contributed by atoms with Crippen molar-refractivity contribution in [3.63, 3.8) is 0 Å². The monoisotopic (exact) mass is 464 g/mol. The van der Waals surface area contributed by atoms with Crippen LogP contribution in [0.5, 0.6) is 0 Å². The van der Waals surface area contributed by atoms with Crippen LogP contribution in [-0.4, -0.2) is 67.4 Å². The molecule has 2 saturated heterocycles. The van der Waals surface area contributed by atoms with Crippen molar-refractivity contribution in [2.75, 3.05) is 32.7 Å². The van der Waals surface area contributed by atoms with E-state index in [-0.39, 0.29) is 23.3 Å². The van der Waals surface area contributed by atoms with Crippen molar-refractivity contribution < 1.29 is 22.0 Å². The van der Waals surface area contributed by atoms with Crippen molar-refractivity contribution in [3.05, 3.63) is 65.7 Å². The molecule has 2 fully saturated rings. The van der Waals surface area contributed by atoms with E-state index in [1.165, 1.54) is 24.3 Å². The molecule has 4 rings (SSSR count). The van der Waals surface area contributed by atoms with E-state index in [0.29, 0.717) is 51.1 Å². The molecule has 0 radical (unpaired) electrons. The maximum atomic E-state index is 14.1. The first-order valence-corrected chi connectivity index (χ1v) is 12.1. The van der Waals surface area contributed by atoms with E-state index in [1.54, 1.807) is 23.1 Å². The van der Waals surface area contributed by atoms with Gasteiger partial charge in [0, 0.05) is 44.8 Å². The molecule has 0 aromatic heterocycles. The van der Waals surface area contributed by atoms with Crippen LogP contribution in [0.3, 0.4) is 0 Å². The van der Waals surface area contributed by atoms with Crippen LogP contribution < -0.4 is 5.32 Å². The number of piperazine rings is 1. The minimum absolute atomic E-state index is 0.220. The van der Waals surface area contributed by atoms with E-state index in [9.17, 15) is 22.0 Å². The minimum Gasteiger partial charge on any atom is -0.322 e. The Morgan fingerprint density at radius 1 is 0.938 bits per heavy atom. The predicted octanol–water partition coefficient (Wildman–Crippen LogP) is 2.60. The van der Waals surface area contributed by atoms with Gasteiger partial charge in [-0.1, -0.05) is 30.3 Å². The number of amides is 2. The normalized spacial score (nSPS) is 20.4. The van der Waals surface area contributed by atoms with E-state index >= 15 is 0 Å². The number of sulfonamides is 1. The number of hydrogen-bond acceptors (Lipinski definition) is 4. The molecule has 7 nitrogen and oxygen atoms in total. The Bertz CT molecular complexity index is 1070. The summed E-state index contributed by atoms with van der Waals surface area (Å²) in [5.74, 6) is -1.06. The molecule has 2 amide bonds. The Kier molecular flexibility index (Phi) is 6.73. The van der Waals surface area contributed by atoms with Crippen LogP contribution in [0.1, 0.15) is 18.4 Å². The molecule has 1 N–H and O–H groups in total. The number of nitrogens with zero attached hydrogens (tertiary/aromatic N) is 3. The maximum Gasteiger partial charge on any atom is 0.318 e. The lowest BCUT2D eigenvalue weighted by Gasteiger charge is -2.36. The molecule has 0 saturated carbocycles. The second-order valence-electron chi connectivity index (χ2n) is 8.01. The van der Waals surface area contributed by atoms with Crippen LogP contribution in [0.2, 0.25) is 0 Å². The van der Waals surface area contributed by atoms with Crippen LogP contribution in [-0.2, 0) is 16.6 Å². The summed E-state index contributed by atoms with van der Waals surface area (Å²) in [5, 5.41) is 2.80. The Labute approximate surface area is 186 Å². The van der Waals surface area contributed by atoms with Gasteiger partial charge in [0.25, 0.3) is 0 Å². The largest absolute Gasteiger partial charge is 0.322 e. The Morgan fingerprint density at radius 2 is 1.59 bits per heavy atom. The highest BCUT2D eigenvalue weighted by Gasteiger charge is 2.38. The Morgan fingerprint density at radius 3 is 2.28 bits per heavy atom. The molecule has 32 heavy (non-hydrogen) atoms. The van der Waals surface area contributed by atoms with Crippen molar-refractivity contribution >= 4 is 16.1 Å². The van der Waals surface area contributed by atoms with E-state index in [2.05, 4.69) is 10.2 Å². The third-order valence-corrected chi connectivity index (χ3v) is 7.87. The van der Waals surface area contributed by atoms with Crippen molar-refractivity contribution in [3.8, 4) is 0 Å². The zero-order chi connectivity index (χ0) is 22.7. The van der Waals surface area contributed by atoms with Gasteiger partial charge in [-0.15, -0.1) is 0 Å². The number of benzene rings is 2. The SMILES string of the molecule is O=C(NC1CCCN1S(=O)(=O)c1ccccc1F)N1CCN(Cc2ccccc2F)CC1. The van der Waals surface area contributed by atoms with Crippen molar-refractivity contribution in [1.29, 1.82) is 0 Å². The second kappa shape index (κ2) is 9.51. The summed E-state index contributed by atoms with van der Waals surface area (Å²) in [4.78, 5) is 16.1. The highest BCUT2D eigenvalue weighted by Crippen LogP contribution is 2.26. The van der Waals surface area contributed by atoms with E-state index in [1.807, 2.05) is 0 Å². The lowest BCUT2D eigenvalue weighted by molar-refractivity contribution is 0.129. The van der Waals surface area contributed by atoms with Crippen LogP contribution in [0.15, 0.2) is 53.4 Å². The topological polar surface area (TPSA) is 73.0 Å². The zero-order valence-corrected chi connectivity index (χ0v) is 18.4. The Balaban J connectivity index is 1.35. The number of rotatable bonds is 5. The predicted molar refractivity (Wildman–Crippen MR) is 115 cm³/mol. The third kappa shape index (κ3) is 4.77. The maximum absolute atomic E-state index is 14.1. The van der Waals surface area contributed by atoms with Gasteiger partial charge in [-0.25, -0.2) is 22.0 Å². The minimum atomic E-state index is -4.06. The molecule has 0 bridgehead atoms. The van der Waals surface area contributed by atoms with E-state index in [0.717, 1.165) is 10.4 Å². The molecular weight excluding hydrogens is 438 g/mol. The van der Waals surface area contributed by atoms with Gasteiger partial charge in [0.05, 0.1) is 6.17 Å². The summed E-state index contributed by atoms with van der Waals surface area (Å²) < 4.78 is 55.1. The Hall–Kier alpha value is -2.56. The lowest BCUT2D eigenvalue weighted by atomic mass is 10.2. The highest BCUT2D eigenvalue weighted by molar-refractivity contribution is 7.89. The summed E-state index contributed by atoms with van der Waals surface area (Å²) >= 11 is 0. The molecule has 2 heterocycles.